The molecule has 0 bridgehead atoms. The average Bonchev–Trinajstić information content (AvgIpc) is 2.53. The van der Waals surface area contributed by atoms with Gasteiger partial charge in [-0.15, -0.1) is 5.10 Å². The molecule has 6 nitrogen and oxygen atoms in total. The Morgan fingerprint density at radius 3 is 2.50 bits per heavy atom. The molecule has 0 aliphatic rings. The number of aryl methyl sites for hydroxylation is 1. The van der Waals surface area contributed by atoms with Crippen molar-refractivity contribution in [1.82, 2.24) is 15.1 Å². The number of carbonyl (C=O) groups is 1. The van der Waals surface area contributed by atoms with Crippen LogP contribution in [0.5, 0.6) is 0 Å². The van der Waals surface area contributed by atoms with Gasteiger partial charge in [0.05, 0.1) is 0 Å². The van der Waals surface area contributed by atoms with Crippen molar-refractivity contribution >= 4 is 12.0 Å². The molecule has 0 saturated carbocycles. The van der Waals surface area contributed by atoms with Crippen LogP contribution in [0.1, 0.15) is 19.7 Å². The average molecular weight is 198 g/mol. The number of rotatable bonds is 3. The van der Waals surface area contributed by atoms with Gasteiger partial charge in [-0.25, -0.2) is 4.79 Å². The van der Waals surface area contributed by atoms with Gasteiger partial charge in [-0.1, -0.05) is 5.10 Å². The van der Waals surface area contributed by atoms with Crippen molar-refractivity contribution in [3.05, 3.63) is 5.89 Å². The SMILES string of the molecule is CCN(CC)C(=O)Nc1nnc(C)o1. The van der Waals surface area contributed by atoms with Gasteiger partial charge in [0.25, 0.3) is 0 Å². The summed E-state index contributed by atoms with van der Waals surface area (Å²) in [6.45, 7) is 6.77. The summed E-state index contributed by atoms with van der Waals surface area (Å²) in [5.74, 6) is 0.430. The summed E-state index contributed by atoms with van der Waals surface area (Å²) in [5, 5.41) is 9.77. The van der Waals surface area contributed by atoms with E-state index in [1.165, 1.54) is 0 Å². The highest BCUT2D eigenvalue weighted by Gasteiger charge is 2.12. The first-order chi connectivity index (χ1) is 6.67. The fraction of sp³-hybridized carbons (Fsp3) is 0.625. The predicted octanol–water partition coefficient (Wildman–Crippen LogP) is 1.25. The Morgan fingerprint density at radius 2 is 2.07 bits per heavy atom. The van der Waals surface area contributed by atoms with Crippen LogP contribution in [0.3, 0.4) is 0 Å². The molecule has 2 amide bonds. The highest BCUT2D eigenvalue weighted by Crippen LogP contribution is 2.04. The Morgan fingerprint density at radius 1 is 1.43 bits per heavy atom. The lowest BCUT2D eigenvalue weighted by Crippen LogP contribution is -2.34. The quantitative estimate of drug-likeness (QED) is 0.793. The van der Waals surface area contributed by atoms with Gasteiger partial charge in [0, 0.05) is 20.0 Å². The summed E-state index contributed by atoms with van der Waals surface area (Å²) in [6, 6.07) is -0.0851. The smallest absolute Gasteiger partial charge is 0.325 e. The number of hydrogen-bond acceptors (Lipinski definition) is 4. The lowest BCUT2D eigenvalue weighted by Gasteiger charge is -2.17. The van der Waals surface area contributed by atoms with Gasteiger partial charge in [-0.05, 0) is 13.8 Å². The van der Waals surface area contributed by atoms with Crippen LogP contribution in [0.4, 0.5) is 10.8 Å². The number of hydrogen-bond donors (Lipinski definition) is 1. The van der Waals surface area contributed by atoms with Crippen molar-refractivity contribution in [2.24, 2.45) is 0 Å². The molecule has 0 spiro atoms. The fourth-order valence-corrected chi connectivity index (χ4v) is 1.03. The number of carbonyl (C=O) groups excluding carboxylic acids is 1. The number of urea groups is 1. The number of nitrogens with one attached hydrogen (secondary N) is 1. The molecule has 1 aromatic heterocycles. The zero-order valence-electron chi connectivity index (χ0n) is 8.57. The van der Waals surface area contributed by atoms with Crippen LogP contribution >= 0.6 is 0 Å². The maximum absolute atomic E-state index is 11.5. The minimum Gasteiger partial charge on any atom is -0.408 e. The molecule has 0 aromatic carbocycles. The third kappa shape index (κ3) is 2.45. The third-order valence-corrected chi connectivity index (χ3v) is 1.79. The molecule has 0 unspecified atom stereocenters. The Bertz CT molecular complexity index is 306. The van der Waals surface area contributed by atoms with Crippen LogP contribution in [0.25, 0.3) is 0 Å². The van der Waals surface area contributed by atoms with E-state index in [-0.39, 0.29) is 12.0 Å². The van der Waals surface area contributed by atoms with Crippen molar-refractivity contribution in [2.75, 3.05) is 18.4 Å². The van der Waals surface area contributed by atoms with Crippen molar-refractivity contribution in [1.29, 1.82) is 0 Å². The number of aromatic nitrogens is 2. The number of nitrogens with zero attached hydrogens (tertiary/aromatic N) is 3. The van der Waals surface area contributed by atoms with E-state index in [0.29, 0.717) is 19.0 Å². The van der Waals surface area contributed by atoms with Crippen LogP contribution in [0, 0.1) is 6.92 Å². The molecule has 6 heteroatoms. The molecule has 0 aliphatic heterocycles. The normalized spacial score (nSPS) is 9.93. The van der Waals surface area contributed by atoms with Gasteiger partial charge in [-0.3, -0.25) is 5.32 Å². The summed E-state index contributed by atoms with van der Waals surface area (Å²) in [6.07, 6.45) is 0. The van der Waals surface area contributed by atoms with Gasteiger partial charge < -0.3 is 9.32 Å². The molecule has 1 N–H and O–H groups in total. The summed E-state index contributed by atoms with van der Waals surface area (Å²) < 4.78 is 5.01. The first-order valence-corrected chi connectivity index (χ1v) is 4.53. The monoisotopic (exact) mass is 198 g/mol. The van der Waals surface area contributed by atoms with E-state index in [1.807, 2.05) is 13.8 Å². The molecule has 14 heavy (non-hydrogen) atoms. The maximum atomic E-state index is 11.5. The largest absolute Gasteiger partial charge is 0.408 e. The van der Waals surface area contributed by atoms with Crippen molar-refractivity contribution in [3.63, 3.8) is 0 Å². The maximum Gasteiger partial charge on any atom is 0.325 e. The zero-order chi connectivity index (χ0) is 10.6. The fourth-order valence-electron chi connectivity index (χ4n) is 1.03. The van der Waals surface area contributed by atoms with E-state index in [0.717, 1.165) is 0 Å². The molecule has 0 aliphatic carbocycles. The molecule has 0 atom stereocenters. The number of amides is 2. The van der Waals surface area contributed by atoms with Crippen LogP contribution in [0.2, 0.25) is 0 Å². The summed E-state index contributed by atoms with van der Waals surface area (Å²) in [4.78, 5) is 13.1. The summed E-state index contributed by atoms with van der Waals surface area (Å²) in [7, 11) is 0. The van der Waals surface area contributed by atoms with E-state index in [4.69, 9.17) is 4.42 Å². The molecular formula is C8H14N4O2. The zero-order valence-corrected chi connectivity index (χ0v) is 8.57. The Labute approximate surface area is 82.3 Å². The van der Waals surface area contributed by atoms with Gasteiger partial charge in [0.15, 0.2) is 0 Å². The highest BCUT2D eigenvalue weighted by molar-refractivity contribution is 5.86. The molecule has 1 aromatic rings. The van der Waals surface area contributed by atoms with Crippen LogP contribution in [-0.4, -0.2) is 34.2 Å². The molecule has 1 heterocycles. The highest BCUT2D eigenvalue weighted by atomic mass is 16.4. The van der Waals surface area contributed by atoms with Crippen LogP contribution < -0.4 is 5.32 Å². The van der Waals surface area contributed by atoms with Gasteiger partial charge in [0.1, 0.15) is 0 Å². The van der Waals surface area contributed by atoms with Crippen molar-refractivity contribution in [2.45, 2.75) is 20.8 Å². The van der Waals surface area contributed by atoms with E-state index in [2.05, 4.69) is 15.5 Å². The first kappa shape index (κ1) is 10.5. The van der Waals surface area contributed by atoms with E-state index in [1.54, 1.807) is 11.8 Å². The number of anilines is 1. The lowest BCUT2D eigenvalue weighted by atomic mass is 10.5. The van der Waals surface area contributed by atoms with Crippen LogP contribution in [-0.2, 0) is 0 Å². The molecular weight excluding hydrogens is 184 g/mol. The van der Waals surface area contributed by atoms with E-state index in [9.17, 15) is 4.79 Å². The molecule has 0 radical (unpaired) electrons. The van der Waals surface area contributed by atoms with E-state index < -0.39 is 0 Å². The van der Waals surface area contributed by atoms with Gasteiger partial charge in [0.2, 0.25) is 5.89 Å². The third-order valence-electron chi connectivity index (χ3n) is 1.79. The molecule has 0 fully saturated rings. The second-order valence-electron chi connectivity index (χ2n) is 2.73. The molecule has 78 valence electrons. The molecule has 0 saturated heterocycles. The van der Waals surface area contributed by atoms with E-state index >= 15 is 0 Å². The Hall–Kier alpha value is -1.59. The summed E-state index contributed by atoms with van der Waals surface area (Å²) >= 11 is 0. The van der Waals surface area contributed by atoms with Crippen molar-refractivity contribution in [3.8, 4) is 0 Å². The summed E-state index contributed by atoms with van der Waals surface area (Å²) in [5.41, 5.74) is 0. The van der Waals surface area contributed by atoms with Crippen LogP contribution in [0.15, 0.2) is 4.42 Å². The molecule has 1 rings (SSSR count). The predicted molar refractivity (Wildman–Crippen MR) is 51.0 cm³/mol. The lowest BCUT2D eigenvalue weighted by molar-refractivity contribution is 0.216. The standard InChI is InChI=1S/C8H14N4O2/c1-4-12(5-2)8(13)9-7-11-10-6(3)14-7/h4-5H2,1-3H3,(H,9,11,13). The topological polar surface area (TPSA) is 71.3 Å². The van der Waals surface area contributed by atoms with Gasteiger partial charge >= 0.3 is 12.0 Å². The Kier molecular flexibility index (Phi) is 3.44. The minimum absolute atomic E-state index is 0.138. The second-order valence-corrected chi connectivity index (χ2v) is 2.73. The minimum atomic E-state index is -0.223. The second kappa shape index (κ2) is 4.59. The van der Waals surface area contributed by atoms with Crippen molar-refractivity contribution < 1.29 is 9.21 Å². The Balaban J connectivity index is 2.56. The van der Waals surface area contributed by atoms with Gasteiger partial charge in [-0.2, -0.15) is 0 Å². The first-order valence-electron chi connectivity index (χ1n) is 4.53.